The first kappa shape index (κ1) is 19.5. The van der Waals surface area contributed by atoms with Crippen LogP contribution < -0.4 is 5.32 Å². The van der Waals surface area contributed by atoms with Gasteiger partial charge in [0.05, 0.1) is 19.0 Å². The summed E-state index contributed by atoms with van der Waals surface area (Å²) in [5.74, 6) is 0.0277. The normalized spacial score (nSPS) is 15.9. The molecule has 3 rings (SSSR count). The van der Waals surface area contributed by atoms with Crippen LogP contribution in [0.4, 0.5) is 0 Å². The largest absolute Gasteiger partial charge is 0.379 e. The van der Waals surface area contributed by atoms with E-state index in [2.05, 4.69) is 27.3 Å². The summed E-state index contributed by atoms with van der Waals surface area (Å²) >= 11 is 3.55. The van der Waals surface area contributed by atoms with Crippen molar-refractivity contribution in [3.05, 3.63) is 69.7 Å². The molecular formula is C19H23BrN2O3S. The van der Waals surface area contributed by atoms with Crippen LogP contribution in [-0.2, 0) is 33.6 Å². The third-order valence-corrected chi connectivity index (χ3v) is 7.01. The Morgan fingerprint density at radius 2 is 1.50 bits per heavy atom. The van der Waals surface area contributed by atoms with Crippen LogP contribution in [0.5, 0.6) is 0 Å². The van der Waals surface area contributed by atoms with Crippen molar-refractivity contribution >= 4 is 26.0 Å². The van der Waals surface area contributed by atoms with Gasteiger partial charge in [-0.3, -0.25) is 0 Å². The highest BCUT2D eigenvalue weighted by molar-refractivity contribution is 9.10. The summed E-state index contributed by atoms with van der Waals surface area (Å²) in [4.78, 5) is 0. The van der Waals surface area contributed by atoms with Crippen LogP contribution in [0.3, 0.4) is 0 Å². The van der Waals surface area contributed by atoms with Crippen molar-refractivity contribution in [3.8, 4) is 0 Å². The van der Waals surface area contributed by atoms with Crippen molar-refractivity contribution in [2.24, 2.45) is 0 Å². The van der Waals surface area contributed by atoms with E-state index >= 15 is 0 Å². The topological polar surface area (TPSA) is 58.6 Å². The van der Waals surface area contributed by atoms with E-state index in [-0.39, 0.29) is 5.75 Å². The van der Waals surface area contributed by atoms with Crippen molar-refractivity contribution in [1.82, 2.24) is 9.62 Å². The second-order valence-electron chi connectivity index (χ2n) is 6.23. The molecule has 26 heavy (non-hydrogen) atoms. The molecule has 0 saturated carbocycles. The maximum atomic E-state index is 12.7. The number of benzene rings is 2. The molecule has 0 aliphatic carbocycles. The van der Waals surface area contributed by atoms with Crippen LogP contribution in [0.1, 0.15) is 16.7 Å². The lowest BCUT2D eigenvalue weighted by Crippen LogP contribution is -2.41. The van der Waals surface area contributed by atoms with Gasteiger partial charge in [0.15, 0.2) is 0 Å². The maximum absolute atomic E-state index is 12.7. The molecule has 1 N–H and O–H groups in total. The van der Waals surface area contributed by atoms with Crippen LogP contribution in [0.15, 0.2) is 53.0 Å². The zero-order chi connectivity index (χ0) is 18.4. The highest BCUT2D eigenvalue weighted by Gasteiger charge is 2.25. The van der Waals surface area contributed by atoms with Gasteiger partial charge >= 0.3 is 0 Å². The first-order chi connectivity index (χ1) is 12.6. The first-order valence-corrected chi connectivity index (χ1v) is 11.0. The van der Waals surface area contributed by atoms with E-state index in [4.69, 9.17) is 4.74 Å². The summed E-state index contributed by atoms with van der Waals surface area (Å²) in [6, 6.07) is 15.8. The minimum atomic E-state index is -3.32. The Morgan fingerprint density at radius 3 is 2.19 bits per heavy atom. The van der Waals surface area contributed by atoms with Gasteiger partial charge in [0.1, 0.15) is 0 Å². The SMILES string of the molecule is O=S(=O)(Cc1ccccc1CNCc1ccccc1Br)N1CCOCC1. The van der Waals surface area contributed by atoms with Gasteiger partial charge in [-0.05, 0) is 22.8 Å². The maximum Gasteiger partial charge on any atom is 0.218 e. The fraction of sp³-hybridized carbons (Fsp3) is 0.368. The van der Waals surface area contributed by atoms with E-state index in [9.17, 15) is 8.42 Å². The van der Waals surface area contributed by atoms with E-state index in [0.29, 0.717) is 39.4 Å². The van der Waals surface area contributed by atoms with E-state index in [1.165, 1.54) is 9.87 Å². The summed E-state index contributed by atoms with van der Waals surface area (Å²) in [7, 11) is -3.32. The number of hydrogen-bond donors (Lipinski definition) is 1. The van der Waals surface area contributed by atoms with Gasteiger partial charge < -0.3 is 10.1 Å². The second kappa shape index (κ2) is 9.10. The lowest BCUT2D eigenvalue weighted by molar-refractivity contribution is 0.0729. The molecule has 0 bridgehead atoms. The number of nitrogens with zero attached hydrogens (tertiary/aromatic N) is 1. The van der Waals surface area contributed by atoms with Crippen molar-refractivity contribution in [2.45, 2.75) is 18.8 Å². The Bertz CT molecular complexity index is 836. The van der Waals surface area contributed by atoms with E-state index in [1.54, 1.807) is 0 Å². The number of halogens is 1. The van der Waals surface area contributed by atoms with Gasteiger partial charge in [-0.25, -0.2) is 8.42 Å². The number of ether oxygens (including phenoxy) is 1. The summed E-state index contributed by atoms with van der Waals surface area (Å²) in [6.07, 6.45) is 0. The smallest absolute Gasteiger partial charge is 0.218 e. The highest BCUT2D eigenvalue weighted by Crippen LogP contribution is 2.18. The molecule has 0 atom stereocenters. The standard InChI is InChI=1S/C19H23BrN2O3S/c20-19-8-4-3-6-17(19)14-21-13-16-5-1-2-7-18(16)15-26(23,24)22-9-11-25-12-10-22/h1-8,21H,9-15H2. The molecule has 140 valence electrons. The predicted octanol–water partition coefficient (Wildman–Crippen LogP) is 2.90. The van der Waals surface area contributed by atoms with Crippen molar-refractivity contribution in [1.29, 1.82) is 0 Å². The molecule has 0 unspecified atom stereocenters. The number of hydrogen-bond acceptors (Lipinski definition) is 4. The molecule has 5 nitrogen and oxygen atoms in total. The monoisotopic (exact) mass is 438 g/mol. The van der Waals surface area contributed by atoms with Crippen LogP contribution in [-0.4, -0.2) is 39.0 Å². The lowest BCUT2D eigenvalue weighted by atomic mass is 10.1. The van der Waals surface area contributed by atoms with Crippen molar-refractivity contribution in [2.75, 3.05) is 26.3 Å². The van der Waals surface area contributed by atoms with Crippen LogP contribution in [0.25, 0.3) is 0 Å². The number of sulfonamides is 1. The quantitative estimate of drug-likeness (QED) is 0.721. The average Bonchev–Trinajstić information content (AvgIpc) is 2.65. The molecule has 0 radical (unpaired) electrons. The third-order valence-electron chi connectivity index (χ3n) is 4.41. The fourth-order valence-corrected chi connectivity index (χ4v) is 4.94. The molecule has 2 aromatic carbocycles. The molecule has 1 aliphatic rings. The molecule has 1 heterocycles. The molecule has 0 aromatic heterocycles. The molecule has 1 aliphatic heterocycles. The summed E-state index contributed by atoms with van der Waals surface area (Å²) < 4.78 is 33.2. The molecule has 1 saturated heterocycles. The number of rotatable bonds is 7. The van der Waals surface area contributed by atoms with E-state index in [1.807, 2.05) is 42.5 Å². The molecule has 0 amide bonds. The van der Waals surface area contributed by atoms with Gasteiger partial charge in [0.2, 0.25) is 10.0 Å². The summed E-state index contributed by atoms with van der Waals surface area (Å²) in [5.41, 5.74) is 3.03. The molecule has 2 aromatic rings. The Kier molecular flexibility index (Phi) is 6.83. The Balaban J connectivity index is 1.65. The first-order valence-electron chi connectivity index (χ1n) is 8.63. The van der Waals surface area contributed by atoms with Crippen LogP contribution in [0.2, 0.25) is 0 Å². The van der Waals surface area contributed by atoms with Crippen molar-refractivity contribution < 1.29 is 13.2 Å². The number of nitrogens with one attached hydrogen (secondary N) is 1. The Labute approximate surface area is 163 Å². The van der Waals surface area contributed by atoms with Crippen molar-refractivity contribution in [3.63, 3.8) is 0 Å². The summed E-state index contributed by atoms with van der Waals surface area (Å²) in [6.45, 7) is 3.14. The lowest BCUT2D eigenvalue weighted by Gasteiger charge is -2.26. The van der Waals surface area contributed by atoms with Gasteiger partial charge in [-0.15, -0.1) is 0 Å². The Hall–Kier alpha value is -1.25. The molecule has 1 fully saturated rings. The Morgan fingerprint density at radius 1 is 0.923 bits per heavy atom. The van der Waals surface area contributed by atoms with Crippen LogP contribution >= 0.6 is 15.9 Å². The predicted molar refractivity (Wildman–Crippen MR) is 106 cm³/mol. The van der Waals surface area contributed by atoms with Crippen LogP contribution in [0, 0.1) is 0 Å². The summed E-state index contributed by atoms with van der Waals surface area (Å²) in [5, 5.41) is 3.41. The second-order valence-corrected chi connectivity index (χ2v) is 9.05. The van der Waals surface area contributed by atoms with E-state index in [0.717, 1.165) is 15.6 Å². The fourth-order valence-electron chi connectivity index (χ4n) is 2.96. The highest BCUT2D eigenvalue weighted by atomic mass is 79.9. The van der Waals surface area contributed by atoms with Gasteiger partial charge in [-0.1, -0.05) is 58.4 Å². The number of morpholine rings is 1. The third kappa shape index (κ3) is 5.14. The van der Waals surface area contributed by atoms with Gasteiger partial charge in [0.25, 0.3) is 0 Å². The molecule has 0 spiro atoms. The average molecular weight is 439 g/mol. The molecule has 7 heteroatoms. The van der Waals surface area contributed by atoms with Gasteiger partial charge in [-0.2, -0.15) is 4.31 Å². The zero-order valence-corrected chi connectivity index (χ0v) is 16.9. The minimum Gasteiger partial charge on any atom is -0.379 e. The van der Waals surface area contributed by atoms with Gasteiger partial charge in [0, 0.05) is 30.7 Å². The minimum absolute atomic E-state index is 0.0277. The van der Waals surface area contributed by atoms with E-state index < -0.39 is 10.0 Å². The molecular weight excluding hydrogens is 416 g/mol. The zero-order valence-electron chi connectivity index (χ0n) is 14.5.